The highest BCUT2D eigenvalue weighted by atomic mass is 32.2. The van der Waals surface area contributed by atoms with E-state index < -0.39 is 21.7 Å². The van der Waals surface area contributed by atoms with E-state index in [0.29, 0.717) is 13.1 Å². The number of benzene rings is 1. The van der Waals surface area contributed by atoms with Crippen LogP contribution < -0.4 is 5.32 Å². The summed E-state index contributed by atoms with van der Waals surface area (Å²) < 4.78 is 42.0. The second-order valence-corrected chi connectivity index (χ2v) is 8.16. The average molecular weight is 380 g/mol. The van der Waals surface area contributed by atoms with Crippen LogP contribution in [0.2, 0.25) is 0 Å². The van der Waals surface area contributed by atoms with Crippen molar-refractivity contribution in [1.29, 1.82) is 0 Å². The fourth-order valence-corrected chi connectivity index (χ4v) is 4.62. The summed E-state index contributed by atoms with van der Waals surface area (Å²) in [5.74, 6) is -1.14. The number of aromatic nitrogens is 2. The predicted molar refractivity (Wildman–Crippen MR) is 94.8 cm³/mol. The number of nitrogens with one attached hydrogen (secondary N) is 1. The predicted octanol–water partition coefficient (Wildman–Crippen LogP) is 2.38. The Morgan fingerprint density at radius 1 is 1.19 bits per heavy atom. The molecule has 26 heavy (non-hydrogen) atoms. The maximum absolute atomic E-state index is 13.3. The summed E-state index contributed by atoms with van der Waals surface area (Å²) >= 11 is 0. The molecule has 0 atom stereocenters. The summed E-state index contributed by atoms with van der Waals surface area (Å²) in [6, 6.07) is 5.41. The third-order valence-corrected chi connectivity index (χ3v) is 6.11. The van der Waals surface area contributed by atoms with Gasteiger partial charge in [0.15, 0.2) is 0 Å². The number of nitrogens with zero attached hydrogens (tertiary/aromatic N) is 3. The molecule has 3 rings (SSSR count). The van der Waals surface area contributed by atoms with Crippen molar-refractivity contribution in [3.05, 3.63) is 41.8 Å². The van der Waals surface area contributed by atoms with Gasteiger partial charge in [0.25, 0.3) is 15.9 Å². The van der Waals surface area contributed by atoms with Crippen molar-refractivity contribution in [3.63, 3.8) is 0 Å². The number of hydrogen-bond acceptors (Lipinski definition) is 4. The Hall–Kier alpha value is -2.26. The van der Waals surface area contributed by atoms with Crippen LogP contribution in [0, 0.1) is 5.82 Å². The molecule has 0 bridgehead atoms. The van der Waals surface area contributed by atoms with E-state index in [0.717, 1.165) is 31.7 Å². The van der Waals surface area contributed by atoms with Gasteiger partial charge in [-0.3, -0.25) is 9.48 Å². The van der Waals surface area contributed by atoms with Gasteiger partial charge in [0.05, 0.1) is 5.56 Å². The first-order valence-electron chi connectivity index (χ1n) is 8.48. The van der Waals surface area contributed by atoms with Crippen LogP contribution in [0.15, 0.2) is 35.5 Å². The second kappa shape index (κ2) is 7.55. The number of rotatable bonds is 4. The largest absolute Gasteiger partial charge is 0.322 e. The maximum atomic E-state index is 13.3. The van der Waals surface area contributed by atoms with Gasteiger partial charge in [0.2, 0.25) is 5.03 Å². The standard InChI is InChI=1S/C17H21FN4O3S/c1-21-12-15(16(23)19-14-8-6-7-13(18)11-14)17(20-21)26(24,25)22-9-4-2-3-5-10-22/h6-8,11-12H,2-5,9-10H2,1H3,(H,19,23). The van der Waals surface area contributed by atoms with E-state index in [1.807, 2.05) is 0 Å². The molecule has 0 saturated carbocycles. The molecule has 1 aliphatic heterocycles. The zero-order valence-electron chi connectivity index (χ0n) is 14.5. The van der Waals surface area contributed by atoms with Gasteiger partial charge in [0, 0.05) is 32.0 Å². The molecule has 140 valence electrons. The lowest BCUT2D eigenvalue weighted by atomic mass is 10.2. The van der Waals surface area contributed by atoms with Gasteiger partial charge in [-0.25, -0.2) is 12.8 Å². The van der Waals surface area contributed by atoms with Crippen LogP contribution in [0.25, 0.3) is 0 Å². The van der Waals surface area contributed by atoms with Crippen LogP contribution in [0.4, 0.5) is 10.1 Å². The molecule has 7 nitrogen and oxygen atoms in total. The highest BCUT2D eigenvalue weighted by Gasteiger charge is 2.32. The normalized spacial score (nSPS) is 16.2. The second-order valence-electron chi connectivity index (χ2n) is 6.30. The topological polar surface area (TPSA) is 84.3 Å². The van der Waals surface area contributed by atoms with Crippen LogP contribution in [-0.2, 0) is 17.1 Å². The molecule has 0 aliphatic carbocycles. The van der Waals surface area contributed by atoms with Gasteiger partial charge >= 0.3 is 0 Å². The zero-order valence-corrected chi connectivity index (χ0v) is 15.3. The fraction of sp³-hybridized carbons (Fsp3) is 0.412. The number of carbonyl (C=O) groups is 1. The van der Waals surface area contributed by atoms with Gasteiger partial charge in [-0.2, -0.15) is 9.40 Å². The molecule has 1 N–H and O–H groups in total. The molecular weight excluding hydrogens is 359 g/mol. The van der Waals surface area contributed by atoms with E-state index in [2.05, 4.69) is 10.4 Å². The monoisotopic (exact) mass is 380 g/mol. The molecule has 9 heteroatoms. The molecule has 0 unspecified atom stereocenters. The zero-order chi connectivity index (χ0) is 18.7. The van der Waals surface area contributed by atoms with Crippen molar-refractivity contribution >= 4 is 21.6 Å². The van der Waals surface area contributed by atoms with Gasteiger partial charge in [-0.15, -0.1) is 0 Å². The Morgan fingerprint density at radius 3 is 2.54 bits per heavy atom. The van der Waals surface area contributed by atoms with Crippen LogP contribution in [0.1, 0.15) is 36.0 Å². The summed E-state index contributed by atoms with van der Waals surface area (Å²) in [4.78, 5) is 12.6. The number of aryl methyl sites for hydroxylation is 1. The average Bonchev–Trinajstić information content (AvgIpc) is 2.81. The summed E-state index contributed by atoms with van der Waals surface area (Å²) in [7, 11) is -2.32. The number of carbonyl (C=O) groups excluding carboxylic acids is 1. The Bertz CT molecular complexity index is 902. The molecule has 0 spiro atoms. The van der Waals surface area contributed by atoms with E-state index in [-0.39, 0.29) is 16.3 Å². The van der Waals surface area contributed by atoms with E-state index in [1.54, 1.807) is 7.05 Å². The van der Waals surface area contributed by atoms with Crippen molar-refractivity contribution in [2.75, 3.05) is 18.4 Å². The first-order chi connectivity index (χ1) is 12.4. The summed E-state index contributed by atoms with van der Waals surface area (Å²) in [6.45, 7) is 0.841. The number of anilines is 1. The maximum Gasteiger partial charge on any atom is 0.263 e. The first kappa shape index (κ1) is 18.5. The Kier molecular flexibility index (Phi) is 5.38. The van der Waals surface area contributed by atoms with Crippen LogP contribution in [0.3, 0.4) is 0 Å². The highest BCUT2D eigenvalue weighted by Crippen LogP contribution is 2.23. The molecule has 1 fully saturated rings. The van der Waals surface area contributed by atoms with Crippen molar-refractivity contribution < 1.29 is 17.6 Å². The lowest BCUT2D eigenvalue weighted by molar-refractivity contribution is 0.102. The van der Waals surface area contributed by atoms with E-state index in [1.165, 1.54) is 33.4 Å². The smallest absolute Gasteiger partial charge is 0.263 e. The van der Waals surface area contributed by atoms with Crippen molar-refractivity contribution in [2.24, 2.45) is 7.05 Å². The van der Waals surface area contributed by atoms with Crippen molar-refractivity contribution in [3.8, 4) is 0 Å². The summed E-state index contributed by atoms with van der Waals surface area (Å²) in [5.41, 5.74) is 0.193. The Balaban J connectivity index is 1.91. The third-order valence-electron chi connectivity index (χ3n) is 4.27. The molecular formula is C17H21FN4O3S. The van der Waals surface area contributed by atoms with Crippen molar-refractivity contribution in [1.82, 2.24) is 14.1 Å². The third kappa shape index (κ3) is 3.94. The minimum absolute atomic E-state index is 0.0546. The van der Waals surface area contributed by atoms with Gasteiger partial charge in [0.1, 0.15) is 5.82 Å². The molecule has 0 radical (unpaired) electrons. The quantitative estimate of drug-likeness (QED) is 0.883. The number of halogens is 1. The molecule has 2 aromatic rings. The molecule has 1 saturated heterocycles. The summed E-state index contributed by atoms with van der Waals surface area (Å²) in [6.07, 6.45) is 4.91. The molecule has 1 aromatic heterocycles. The minimum Gasteiger partial charge on any atom is -0.322 e. The van der Waals surface area contributed by atoms with E-state index >= 15 is 0 Å². The minimum atomic E-state index is -3.87. The van der Waals surface area contributed by atoms with Crippen LogP contribution >= 0.6 is 0 Å². The van der Waals surface area contributed by atoms with Crippen LogP contribution in [-0.4, -0.2) is 41.5 Å². The highest BCUT2D eigenvalue weighted by molar-refractivity contribution is 7.89. The van der Waals surface area contributed by atoms with Gasteiger partial charge in [-0.05, 0) is 31.0 Å². The Morgan fingerprint density at radius 2 is 1.88 bits per heavy atom. The molecule has 1 amide bonds. The lowest BCUT2D eigenvalue weighted by Gasteiger charge is -2.19. The van der Waals surface area contributed by atoms with E-state index in [4.69, 9.17) is 0 Å². The Labute approximate surface area is 151 Å². The summed E-state index contributed by atoms with van der Waals surface area (Å²) in [5, 5.41) is 6.28. The fourth-order valence-electron chi connectivity index (χ4n) is 2.98. The SMILES string of the molecule is Cn1cc(C(=O)Nc2cccc(F)c2)c(S(=O)(=O)N2CCCCCC2)n1. The lowest BCUT2D eigenvalue weighted by Crippen LogP contribution is -2.33. The molecule has 1 aliphatic rings. The first-order valence-corrected chi connectivity index (χ1v) is 9.92. The van der Waals surface area contributed by atoms with Crippen molar-refractivity contribution in [2.45, 2.75) is 30.7 Å². The number of sulfonamides is 1. The molecule has 2 heterocycles. The van der Waals surface area contributed by atoms with E-state index in [9.17, 15) is 17.6 Å². The van der Waals surface area contributed by atoms with Gasteiger partial charge in [-0.1, -0.05) is 18.9 Å². The van der Waals surface area contributed by atoms with Gasteiger partial charge < -0.3 is 5.32 Å². The number of amides is 1. The number of hydrogen-bond donors (Lipinski definition) is 1. The van der Waals surface area contributed by atoms with Crippen LogP contribution in [0.5, 0.6) is 0 Å². The molecule has 1 aromatic carbocycles.